The lowest BCUT2D eigenvalue weighted by molar-refractivity contribution is -0.111. The zero-order valence-electron chi connectivity index (χ0n) is 15.3. The molecule has 0 saturated heterocycles. The molecule has 0 atom stereocenters. The van der Waals surface area contributed by atoms with E-state index >= 15 is 0 Å². The van der Waals surface area contributed by atoms with Crippen LogP contribution < -0.4 is 5.32 Å². The van der Waals surface area contributed by atoms with Crippen molar-refractivity contribution in [2.75, 3.05) is 26.5 Å². The Morgan fingerprint density at radius 3 is 2.48 bits per heavy atom. The number of ether oxygens (including phenoxy) is 1. The predicted octanol–water partition coefficient (Wildman–Crippen LogP) is 3.85. The molecule has 0 saturated carbocycles. The molecule has 1 aromatic heterocycles. The fraction of sp³-hybridized carbons (Fsp3) is 0.211. The van der Waals surface area contributed by atoms with Gasteiger partial charge in [-0.1, -0.05) is 29.8 Å². The quantitative estimate of drug-likeness (QED) is 0.604. The van der Waals surface area contributed by atoms with Crippen molar-refractivity contribution in [1.29, 1.82) is 0 Å². The van der Waals surface area contributed by atoms with Crippen molar-refractivity contribution in [3.63, 3.8) is 0 Å². The lowest BCUT2D eigenvalue weighted by atomic mass is 10.1. The van der Waals surface area contributed by atoms with Gasteiger partial charge in [-0.3, -0.25) is 9.59 Å². The Balaban J connectivity index is 2.33. The van der Waals surface area contributed by atoms with Crippen LogP contribution in [0.15, 0.2) is 30.3 Å². The number of hydrogen-bond donors (Lipinski definition) is 1. The molecule has 0 aliphatic carbocycles. The number of carbonyl (C=O) groups is 3. The molecule has 0 aliphatic heterocycles. The molecule has 6 nitrogen and oxygen atoms in total. The van der Waals surface area contributed by atoms with E-state index in [0.29, 0.717) is 21.0 Å². The van der Waals surface area contributed by atoms with Crippen LogP contribution in [-0.2, 0) is 9.53 Å². The largest absolute Gasteiger partial charge is 0.465 e. The van der Waals surface area contributed by atoms with Gasteiger partial charge in [0.05, 0.1) is 17.6 Å². The van der Waals surface area contributed by atoms with Gasteiger partial charge < -0.3 is 15.0 Å². The molecule has 0 unspecified atom stereocenters. The molecule has 0 radical (unpaired) electrons. The van der Waals surface area contributed by atoms with E-state index in [2.05, 4.69) is 5.32 Å². The Hall–Kier alpha value is -2.64. The molecule has 2 amide bonds. The van der Waals surface area contributed by atoms with E-state index in [1.54, 1.807) is 51.4 Å². The second kappa shape index (κ2) is 8.83. The monoisotopic (exact) mass is 406 g/mol. The van der Waals surface area contributed by atoms with E-state index in [4.69, 9.17) is 16.3 Å². The molecule has 2 aromatic rings. The van der Waals surface area contributed by atoms with E-state index in [1.807, 2.05) is 0 Å². The van der Waals surface area contributed by atoms with Gasteiger partial charge in [-0.25, -0.2) is 4.79 Å². The van der Waals surface area contributed by atoms with Crippen LogP contribution in [0.5, 0.6) is 0 Å². The summed E-state index contributed by atoms with van der Waals surface area (Å²) in [5, 5.41) is 3.43. The molecular weight excluding hydrogens is 388 g/mol. The highest BCUT2D eigenvalue weighted by Crippen LogP contribution is 2.34. The number of hydrogen-bond acceptors (Lipinski definition) is 5. The molecule has 8 heteroatoms. The molecule has 0 spiro atoms. The number of amides is 2. The summed E-state index contributed by atoms with van der Waals surface area (Å²) in [6.07, 6.45) is 2.88. The summed E-state index contributed by atoms with van der Waals surface area (Å²) in [5.41, 5.74) is 1.33. The average molecular weight is 407 g/mol. The highest BCUT2D eigenvalue weighted by Gasteiger charge is 2.26. The highest BCUT2D eigenvalue weighted by atomic mass is 35.5. The summed E-state index contributed by atoms with van der Waals surface area (Å²) in [6, 6.07) is 7.09. The Morgan fingerprint density at radius 2 is 1.89 bits per heavy atom. The van der Waals surface area contributed by atoms with Crippen LogP contribution in [0.25, 0.3) is 6.08 Å². The number of carbonyl (C=O) groups excluding carboxylic acids is 3. The van der Waals surface area contributed by atoms with Crippen LogP contribution in [-0.4, -0.2) is 43.9 Å². The van der Waals surface area contributed by atoms with Crippen LogP contribution in [0.4, 0.5) is 5.00 Å². The van der Waals surface area contributed by atoms with Gasteiger partial charge in [-0.15, -0.1) is 11.3 Å². The number of nitrogens with zero attached hydrogens (tertiary/aromatic N) is 1. The zero-order valence-corrected chi connectivity index (χ0v) is 16.9. The number of esters is 1. The van der Waals surface area contributed by atoms with Crippen LogP contribution in [0.1, 0.15) is 31.2 Å². The van der Waals surface area contributed by atoms with Crippen LogP contribution in [0.3, 0.4) is 0 Å². The highest BCUT2D eigenvalue weighted by molar-refractivity contribution is 7.18. The summed E-state index contributed by atoms with van der Waals surface area (Å²) in [6.45, 7) is 1.65. The average Bonchev–Trinajstić information content (AvgIpc) is 2.95. The van der Waals surface area contributed by atoms with Gasteiger partial charge in [0.15, 0.2) is 0 Å². The lowest BCUT2D eigenvalue weighted by Gasteiger charge is -2.08. The molecule has 0 fully saturated rings. The molecule has 142 valence electrons. The Morgan fingerprint density at radius 1 is 1.22 bits per heavy atom. The van der Waals surface area contributed by atoms with E-state index in [0.717, 1.165) is 11.3 Å². The third-order valence-corrected chi connectivity index (χ3v) is 5.23. The third-order valence-electron chi connectivity index (χ3n) is 3.69. The molecule has 0 aliphatic rings. The Labute approximate surface area is 166 Å². The van der Waals surface area contributed by atoms with E-state index < -0.39 is 11.9 Å². The van der Waals surface area contributed by atoms with Gasteiger partial charge in [0, 0.05) is 25.2 Å². The minimum Gasteiger partial charge on any atom is -0.465 e. The van der Waals surface area contributed by atoms with Crippen LogP contribution in [0.2, 0.25) is 5.02 Å². The first kappa shape index (κ1) is 20.7. The topological polar surface area (TPSA) is 75.7 Å². The smallest absolute Gasteiger partial charge is 0.341 e. The van der Waals surface area contributed by atoms with Crippen molar-refractivity contribution < 1.29 is 19.1 Å². The van der Waals surface area contributed by atoms with Crippen molar-refractivity contribution in [2.24, 2.45) is 0 Å². The van der Waals surface area contributed by atoms with Crippen molar-refractivity contribution in [3.8, 4) is 0 Å². The normalized spacial score (nSPS) is 10.7. The molecule has 2 rings (SSSR count). The number of thiophene rings is 1. The molecule has 27 heavy (non-hydrogen) atoms. The molecule has 1 N–H and O–H groups in total. The van der Waals surface area contributed by atoms with E-state index in [1.165, 1.54) is 18.1 Å². The van der Waals surface area contributed by atoms with Crippen molar-refractivity contribution in [2.45, 2.75) is 6.92 Å². The van der Waals surface area contributed by atoms with Gasteiger partial charge in [-0.2, -0.15) is 0 Å². The van der Waals surface area contributed by atoms with Crippen molar-refractivity contribution in [3.05, 3.63) is 56.9 Å². The van der Waals surface area contributed by atoms with Gasteiger partial charge in [0.25, 0.3) is 5.91 Å². The first-order chi connectivity index (χ1) is 12.8. The van der Waals surface area contributed by atoms with Gasteiger partial charge in [0.1, 0.15) is 5.00 Å². The number of nitrogens with one attached hydrogen (secondary N) is 1. The second-order valence-corrected chi connectivity index (χ2v) is 7.22. The van der Waals surface area contributed by atoms with E-state index in [-0.39, 0.29) is 16.5 Å². The third kappa shape index (κ3) is 4.75. The fourth-order valence-electron chi connectivity index (χ4n) is 2.29. The minimum absolute atomic E-state index is 0.173. The van der Waals surface area contributed by atoms with Crippen molar-refractivity contribution in [1.82, 2.24) is 4.90 Å². The first-order valence-electron chi connectivity index (χ1n) is 7.93. The summed E-state index contributed by atoms with van der Waals surface area (Å²) in [5.74, 6) is -1.33. The number of rotatable bonds is 5. The van der Waals surface area contributed by atoms with Gasteiger partial charge in [-0.05, 0) is 30.2 Å². The maximum atomic E-state index is 12.3. The maximum absolute atomic E-state index is 12.3. The molecular formula is C19H19ClN2O4S. The molecule has 1 heterocycles. The van der Waals surface area contributed by atoms with Gasteiger partial charge >= 0.3 is 5.97 Å². The predicted molar refractivity (Wildman–Crippen MR) is 108 cm³/mol. The van der Waals surface area contributed by atoms with E-state index in [9.17, 15) is 14.4 Å². The number of halogens is 1. The second-order valence-electron chi connectivity index (χ2n) is 5.80. The number of anilines is 1. The standard InChI is InChI=1S/C19H19ClN2O4S/c1-11-15(19(25)26-4)17(27-16(11)18(24)22(2)3)21-14(23)10-9-12-7-5-6-8-13(12)20/h5-10H,1-4H3,(H,21,23). The lowest BCUT2D eigenvalue weighted by Crippen LogP contribution is -2.21. The Bertz CT molecular complexity index is 918. The summed E-state index contributed by atoms with van der Waals surface area (Å²) >= 11 is 7.09. The SMILES string of the molecule is COC(=O)c1c(NC(=O)C=Cc2ccccc2Cl)sc(C(=O)N(C)C)c1C. The van der Waals surface area contributed by atoms with Crippen molar-refractivity contribution >= 4 is 51.8 Å². The molecule has 1 aromatic carbocycles. The summed E-state index contributed by atoms with van der Waals surface area (Å²) in [7, 11) is 4.48. The van der Waals surface area contributed by atoms with Gasteiger partial charge in [0.2, 0.25) is 5.91 Å². The number of methoxy groups -OCH3 is 1. The first-order valence-corrected chi connectivity index (χ1v) is 9.12. The van der Waals surface area contributed by atoms with Crippen LogP contribution in [0, 0.1) is 6.92 Å². The van der Waals surface area contributed by atoms with Crippen LogP contribution >= 0.6 is 22.9 Å². The molecule has 0 bridgehead atoms. The fourth-order valence-corrected chi connectivity index (χ4v) is 3.70. The maximum Gasteiger partial charge on any atom is 0.341 e. The minimum atomic E-state index is -0.619. The summed E-state index contributed by atoms with van der Waals surface area (Å²) in [4.78, 5) is 38.5. The zero-order chi connectivity index (χ0) is 20.1. The Kier molecular flexibility index (Phi) is 6.76. The number of benzene rings is 1. The summed E-state index contributed by atoms with van der Waals surface area (Å²) < 4.78 is 4.79.